The van der Waals surface area contributed by atoms with Gasteiger partial charge in [0.25, 0.3) is 0 Å². The molecule has 10 nitrogen and oxygen atoms in total. The van der Waals surface area contributed by atoms with Crippen LogP contribution >= 0.6 is 0 Å². The number of hydrogen-bond donors (Lipinski definition) is 3. The molecule has 0 aliphatic carbocycles. The fourth-order valence-electron chi connectivity index (χ4n) is 3.95. The van der Waals surface area contributed by atoms with Crippen molar-refractivity contribution in [2.45, 2.75) is 13.3 Å². The monoisotopic (exact) mass is 467 g/mol. The molecule has 2 aliphatic rings. The van der Waals surface area contributed by atoms with E-state index in [0.29, 0.717) is 49.9 Å². The molecule has 34 heavy (non-hydrogen) atoms. The average molecular weight is 468 g/mol. The Bertz CT molecular complexity index is 1050. The lowest BCUT2D eigenvalue weighted by atomic mass is 10.1. The van der Waals surface area contributed by atoms with Gasteiger partial charge in [-0.3, -0.25) is 24.7 Å². The molecule has 4 amide bonds. The summed E-state index contributed by atoms with van der Waals surface area (Å²) in [4.78, 5) is 40.9. The molecule has 2 heterocycles. The van der Waals surface area contributed by atoms with Gasteiger partial charge in [0, 0.05) is 43.6 Å². The summed E-state index contributed by atoms with van der Waals surface area (Å²) in [5, 5.41) is 7.95. The molecule has 4 rings (SSSR count). The highest BCUT2D eigenvalue weighted by Crippen LogP contribution is 2.34. The van der Waals surface area contributed by atoms with Crippen molar-refractivity contribution >= 4 is 29.2 Å². The van der Waals surface area contributed by atoms with Crippen LogP contribution in [-0.2, 0) is 16.0 Å². The number of amides is 4. The summed E-state index contributed by atoms with van der Waals surface area (Å²) < 4.78 is 10.5. The zero-order chi connectivity index (χ0) is 23.9. The van der Waals surface area contributed by atoms with Crippen molar-refractivity contribution in [3.05, 3.63) is 48.0 Å². The van der Waals surface area contributed by atoms with Gasteiger partial charge in [-0.15, -0.1) is 0 Å². The first kappa shape index (κ1) is 23.5. The van der Waals surface area contributed by atoms with Crippen LogP contribution in [0.4, 0.5) is 16.2 Å². The van der Waals surface area contributed by atoms with Crippen molar-refractivity contribution < 1.29 is 23.9 Å². The SMILES string of the molecule is CCc1ccccc1NC(=O)CN1CCN(CC(=O)NC(=O)Nc2ccc3c(c2)OCO3)CC1. The van der Waals surface area contributed by atoms with Crippen LogP contribution in [0.25, 0.3) is 0 Å². The summed E-state index contributed by atoms with van der Waals surface area (Å²) >= 11 is 0. The van der Waals surface area contributed by atoms with E-state index < -0.39 is 6.03 Å². The number of hydrogen-bond acceptors (Lipinski definition) is 7. The van der Waals surface area contributed by atoms with Crippen LogP contribution in [0.15, 0.2) is 42.5 Å². The summed E-state index contributed by atoms with van der Waals surface area (Å²) in [5.41, 5.74) is 2.46. The van der Waals surface area contributed by atoms with Gasteiger partial charge in [0.2, 0.25) is 18.6 Å². The Morgan fingerprint density at radius 3 is 2.26 bits per heavy atom. The lowest BCUT2D eigenvalue weighted by Crippen LogP contribution is -2.51. The summed E-state index contributed by atoms with van der Waals surface area (Å²) in [6.07, 6.45) is 0.853. The number of carbonyl (C=O) groups is 3. The lowest BCUT2D eigenvalue weighted by molar-refractivity contribution is -0.122. The van der Waals surface area contributed by atoms with Crippen LogP contribution in [0.2, 0.25) is 0 Å². The number of benzene rings is 2. The number of rotatable bonds is 7. The highest BCUT2D eigenvalue weighted by molar-refractivity contribution is 6.01. The van der Waals surface area contributed by atoms with Gasteiger partial charge in [0.15, 0.2) is 11.5 Å². The Kier molecular flexibility index (Phi) is 7.61. The van der Waals surface area contributed by atoms with Gasteiger partial charge in [-0.2, -0.15) is 0 Å². The zero-order valence-electron chi connectivity index (χ0n) is 19.1. The van der Waals surface area contributed by atoms with Crippen molar-refractivity contribution in [2.24, 2.45) is 0 Å². The number of nitrogens with zero attached hydrogens (tertiary/aromatic N) is 2. The topological polar surface area (TPSA) is 112 Å². The van der Waals surface area contributed by atoms with E-state index in [-0.39, 0.29) is 25.2 Å². The van der Waals surface area contributed by atoms with E-state index in [0.717, 1.165) is 17.7 Å². The molecule has 0 atom stereocenters. The third-order valence-electron chi connectivity index (χ3n) is 5.76. The predicted molar refractivity (Wildman–Crippen MR) is 127 cm³/mol. The number of nitrogens with one attached hydrogen (secondary N) is 3. The molecular weight excluding hydrogens is 438 g/mol. The summed E-state index contributed by atoms with van der Waals surface area (Å²) in [5.74, 6) is 0.725. The fourth-order valence-corrected chi connectivity index (χ4v) is 3.95. The molecule has 0 aromatic heterocycles. The first-order valence-electron chi connectivity index (χ1n) is 11.3. The summed E-state index contributed by atoms with van der Waals surface area (Å²) in [7, 11) is 0. The molecular formula is C24H29N5O5. The molecule has 3 N–H and O–H groups in total. The quantitative estimate of drug-likeness (QED) is 0.570. The molecule has 2 aromatic rings. The number of ether oxygens (including phenoxy) is 2. The van der Waals surface area contributed by atoms with Gasteiger partial charge in [-0.05, 0) is 30.2 Å². The second-order valence-corrected chi connectivity index (χ2v) is 8.18. The number of para-hydroxylation sites is 1. The van der Waals surface area contributed by atoms with Crippen LogP contribution in [0.5, 0.6) is 11.5 Å². The molecule has 180 valence electrons. The van der Waals surface area contributed by atoms with Crippen LogP contribution in [0.3, 0.4) is 0 Å². The molecule has 1 saturated heterocycles. The van der Waals surface area contributed by atoms with E-state index in [2.05, 4.69) is 27.8 Å². The predicted octanol–water partition coefficient (Wildman–Crippen LogP) is 1.88. The van der Waals surface area contributed by atoms with E-state index in [9.17, 15) is 14.4 Å². The van der Waals surface area contributed by atoms with E-state index in [1.807, 2.05) is 29.2 Å². The minimum atomic E-state index is -0.605. The lowest BCUT2D eigenvalue weighted by Gasteiger charge is -2.33. The zero-order valence-corrected chi connectivity index (χ0v) is 19.1. The van der Waals surface area contributed by atoms with Crippen LogP contribution in [0.1, 0.15) is 12.5 Å². The Morgan fingerprint density at radius 1 is 0.853 bits per heavy atom. The van der Waals surface area contributed by atoms with Gasteiger partial charge in [0.05, 0.1) is 13.1 Å². The summed E-state index contributed by atoms with van der Waals surface area (Å²) in [6.45, 7) is 5.22. The van der Waals surface area contributed by atoms with E-state index in [4.69, 9.17) is 9.47 Å². The third-order valence-corrected chi connectivity index (χ3v) is 5.76. The first-order valence-corrected chi connectivity index (χ1v) is 11.3. The molecule has 10 heteroatoms. The van der Waals surface area contributed by atoms with Gasteiger partial charge < -0.3 is 20.1 Å². The average Bonchev–Trinajstić information content (AvgIpc) is 3.28. The van der Waals surface area contributed by atoms with Crippen molar-refractivity contribution in [3.8, 4) is 11.5 Å². The largest absolute Gasteiger partial charge is 0.454 e. The second kappa shape index (κ2) is 11.0. The van der Waals surface area contributed by atoms with Crippen molar-refractivity contribution in [2.75, 3.05) is 56.7 Å². The highest BCUT2D eigenvalue weighted by Gasteiger charge is 2.22. The van der Waals surface area contributed by atoms with E-state index in [1.165, 1.54) is 0 Å². The number of fused-ring (bicyclic) bond motifs is 1. The van der Waals surface area contributed by atoms with Crippen LogP contribution in [-0.4, -0.2) is 73.7 Å². The maximum atomic E-state index is 12.5. The van der Waals surface area contributed by atoms with Crippen molar-refractivity contribution in [1.82, 2.24) is 15.1 Å². The first-order chi connectivity index (χ1) is 16.5. The van der Waals surface area contributed by atoms with Crippen LogP contribution < -0.4 is 25.4 Å². The molecule has 0 saturated carbocycles. The maximum Gasteiger partial charge on any atom is 0.325 e. The fraction of sp³-hybridized carbons (Fsp3) is 0.375. The van der Waals surface area contributed by atoms with Gasteiger partial charge >= 0.3 is 6.03 Å². The van der Waals surface area contributed by atoms with Crippen molar-refractivity contribution in [1.29, 1.82) is 0 Å². The Balaban J connectivity index is 1.16. The maximum absolute atomic E-state index is 12.5. The van der Waals surface area contributed by atoms with Gasteiger partial charge in [-0.25, -0.2) is 4.79 Å². The number of aryl methyl sites for hydroxylation is 1. The minimum Gasteiger partial charge on any atom is -0.454 e. The summed E-state index contributed by atoms with van der Waals surface area (Å²) in [6, 6.07) is 12.2. The third kappa shape index (κ3) is 6.24. The Morgan fingerprint density at radius 2 is 1.53 bits per heavy atom. The molecule has 0 unspecified atom stereocenters. The Labute approximate surface area is 198 Å². The second-order valence-electron chi connectivity index (χ2n) is 8.18. The van der Waals surface area contributed by atoms with E-state index in [1.54, 1.807) is 18.2 Å². The van der Waals surface area contributed by atoms with Gasteiger partial charge in [0.1, 0.15) is 0 Å². The molecule has 2 aromatic carbocycles. The van der Waals surface area contributed by atoms with E-state index >= 15 is 0 Å². The molecule has 0 radical (unpaired) electrons. The highest BCUT2D eigenvalue weighted by atomic mass is 16.7. The Hall–Kier alpha value is -3.63. The normalized spacial score (nSPS) is 15.6. The van der Waals surface area contributed by atoms with Crippen LogP contribution in [0, 0.1) is 0 Å². The number of urea groups is 1. The molecule has 2 aliphatic heterocycles. The van der Waals surface area contributed by atoms with Crippen molar-refractivity contribution in [3.63, 3.8) is 0 Å². The molecule has 0 bridgehead atoms. The molecule has 1 fully saturated rings. The number of piperazine rings is 1. The standard InChI is InChI=1S/C24H29N5O5/c1-2-17-5-3-4-6-19(17)26-22(30)14-28-9-11-29(12-10-28)15-23(31)27-24(32)25-18-7-8-20-21(13-18)34-16-33-20/h3-8,13H,2,9-12,14-16H2,1H3,(H,26,30)(H2,25,27,31,32). The number of anilines is 2. The molecule has 0 spiro atoms. The number of carbonyl (C=O) groups excluding carboxylic acids is 3. The minimum absolute atomic E-state index is 0.0488. The number of imide groups is 1. The van der Waals surface area contributed by atoms with Gasteiger partial charge in [-0.1, -0.05) is 25.1 Å². The smallest absolute Gasteiger partial charge is 0.325 e.